The van der Waals surface area contributed by atoms with Gasteiger partial charge in [-0.15, -0.1) is 11.3 Å². The summed E-state index contributed by atoms with van der Waals surface area (Å²) < 4.78 is 0. The Kier molecular flexibility index (Phi) is 8.48. The molecule has 0 aliphatic carbocycles. The Morgan fingerprint density at radius 2 is 1.89 bits per heavy atom. The highest BCUT2D eigenvalue weighted by Gasteiger charge is 2.42. The van der Waals surface area contributed by atoms with Crippen LogP contribution < -0.4 is 5.32 Å². The van der Waals surface area contributed by atoms with Crippen molar-refractivity contribution in [2.45, 2.75) is 86.4 Å². The standard InChI is InChI=1S/C29H43N3O2S/c1-19(30-16-21-9-11-22(12-10-21)26-20(2)31-18-35-26)25-15-23(33)17-32(25)27(34)24(29(6,7)8)13-14-28(3,4)5/h9-12,18,23-25,30,33H,1,13-17H2,2-8H3/t23-,24-,25+/m1/s1. The second-order valence-electron chi connectivity index (χ2n) is 12.3. The minimum absolute atomic E-state index is 0.0925. The molecule has 3 atom stereocenters. The summed E-state index contributed by atoms with van der Waals surface area (Å²) in [6.45, 7) is 20.4. The van der Waals surface area contributed by atoms with Crippen LogP contribution in [0.4, 0.5) is 0 Å². The molecule has 3 rings (SSSR count). The number of aryl methyl sites for hydroxylation is 1. The first kappa shape index (κ1) is 27.4. The summed E-state index contributed by atoms with van der Waals surface area (Å²) in [6, 6.07) is 8.28. The van der Waals surface area contributed by atoms with Gasteiger partial charge in [0.1, 0.15) is 0 Å². The second kappa shape index (κ2) is 10.8. The Bertz CT molecular complexity index is 1010. The molecule has 1 fully saturated rings. The van der Waals surface area contributed by atoms with Gasteiger partial charge in [0.15, 0.2) is 0 Å². The molecule has 0 bridgehead atoms. The van der Waals surface area contributed by atoms with Crippen LogP contribution in [-0.4, -0.2) is 39.6 Å². The van der Waals surface area contributed by atoms with Gasteiger partial charge in [0.2, 0.25) is 5.91 Å². The summed E-state index contributed by atoms with van der Waals surface area (Å²) in [7, 11) is 0. The fourth-order valence-corrected chi connectivity index (χ4v) is 5.59. The van der Waals surface area contributed by atoms with Crippen molar-refractivity contribution in [3.8, 4) is 10.4 Å². The molecule has 2 heterocycles. The van der Waals surface area contributed by atoms with E-state index in [1.807, 2.05) is 17.3 Å². The highest BCUT2D eigenvalue weighted by Crippen LogP contribution is 2.37. The van der Waals surface area contributed by atoms with Gasteiger partial charge in [0.25, 0.3) is 0 Å². The Morgan fingerprint density at radius 1 is 1.23 bits per heavy atom. The smallest absolute Gasteiger partial charge is 0.226 e. The number of amides is 1. The van der Waals surface area contributed by atoms with Crippen molar-refractivity contribution < 1.29 is 9.90 Å². The summed E-state index contributed by atoms with van der Waals surface area (Å²) >= 11 is 1.65. The second-order valence-corrected chi connectivity index (χ2v) is 13.1. The van der Waals surface area contributed by atoms with Crippen LogP contribution in [0.15, 0.2) is 42.1 Å². The fourth-order valence-electron chi connectivity index (χ4n) is 4.78. The van der Waals surface area contributed by atoms with E-state index in [0.29, 0.717) is 19.5 Å². The number of hydrogen-bond acceptors (Lipinski definition) is 5. The number of hydrogen-bond donors (Lipinski definition) is 2. The molecule has 1 aliphatic rings. The lowest BCUT2D eigenvalue weighted by Gasteiger charge is -2.37. The van der Waals surface area contributed by atoms with E-state index < -0.39 is 6.10 Å². The van der Waals surface area contributed by atoms with Crippen molar-refractivity contribution >= 4 is 17.2 Å². The quantitative estimate of drug-likeness (QED) is 0.458. The van der Waals surface area contributed by atoms with Crippen LogP contribution in [0.5, 0.6) is 0 Å². The molecular formula is C29H43N3O2S. The number of aliphatic hydroxyl groups is 1. The average molecular weight is 498 g/mol. The normalized spacial score (nSPS) is 19.6. The lowest BCUT2D eigenvalue weighted by atomic mass is 9.74. The van der Waals surface area contributed by atoms with Gasteiger partial charge in [-0.2, -0.15) is 0 Å². The maximum atomic E-state index is 13.8. The Morgan fingerprint density at radius 3 is 2.43 bits per heavy atom. The number of aromatic nitrogens is 1. The number of carbonyl (C=O) groups is 1. The molecule has 0 unspecified atom stereocenters. The van der Waals surface area contributed by atoms with Gasteiger partial charge in [-0.3, -0.25) is 4.79 Å². The number of β-amino-alcohol motifs (C(OH)–C–C–N with tert-alkyl or cyclic N) is 1. The van der Waals surface area contributed by atoms with Crippen LogP contribution in [0.3, 0.4) is 0 Å². The van der Waals surface area contributed by atoms with E-state index in [1.165, 1.54) is 10.4 Å². The zero-order valence-corrected chi connectivity index (χ0v) is 23.3. The van der Waals surface area contributed by atoms with Crippen molar-refractivity contribution in [3.05, 3.63) is 53.3 Å². The van der Waals surface area contributed by atoms with Gasteiger partial charge in [-0.25, -0.2) is 4.98 Å². The first-order valence-corrected chi connectivity index (χ1v) is 13.5. The van der Waals surface area contributed by atoms with E-state index >= 15 is 0 Å². The lowest BCUT2D eigenvalue weighted by molar-refractivity contribution is -0.140. The highest BCUT2D eigenvalue weighted by molar-refractivity contribution is 7.13. The number of carbonyl (C=O) groups excluding carboxylic acids is 1. The minimum atomic E-state index is -0.521. The molecule has 6 heteroatoms. The molecule has 1 amide bonds. The summed E-state index contributed by atoms with van der Waals surface area (Å²) in [6.07, 6.45) is 1.83. The Hall–Kier alpha value is -2.18. The number of nitrogens with one attached hydrogen (secondary N) is 1. The molecule has 1 aromatic carbocycles. The van der Waals surface area contributed by atoms with Crippen LogP contribution >= 0.6 is 11.3 Å². The number of aliphatic hydroxyl groups excluding tert-OH is 1. The van der Waals surface area contributed by atoms with Crippen LogP contribution in [0.25, 0.3) is 10.4 Å². The van der Waals surface area contributed by atoms with E-state index in [-0.39, 0.29) is 28.7 Å². The van der Waals surface area contributed by atoms with Gasteiger partial charge >= 0.3 is 0 Å². The van der Waals surface area contributed by atoms with Gasteiger partial charge in [0, 0.05) is 31.1 Å². The molecule has 192 valence electrons. The molecule has 1 aliphatic heterocycles. The number of nitrogens with zero attached hydrogens (tertiary/aromatic N) is 2. The number of likely N-dealkylation sites (tertiary alicyclic amines) is 1. The van der Waals surface area contributed by atoms with Gasteiger partial charge < -0.3 is 15.3 Å². The van der Waals surface area contributed by atoms with E-state index in [0.717, 1.165) is 29.8 Å². The average Bonchev–Trinajstić information content (AvgIpc) is 3.36. The molecule has 2 N–H and O–H groups in total. The van der Waals surface area contributed by atoms with Crippen molar-refractivity contribution in [1.29, 1.82) is 0 Å². The molecule has 0 radical (unpaired) electrons. The van der Waals surface area contributed by atoms with Gasteiger partial charge in [0.05, 0.1) is 28.2 Å². The summed E-state index contributed by atoms with van der Waals surface area (Å²) in [4.78, 5) is 21.2. The number of benzene rings is 1. The van der Waals surface area contributed by atoms with Crippen LogP contribution in [-0.2, 0) is 11.3 Å². The zero-order chi connectivity index (χ0) is 26.0. The van der Waals surface area contributed by atoms with E-state index in [9.17, 15) is 9.90 Å². The number of rotatable bonds is 8. The third-order valence-corrected chi connectivity index (χ3v) is 7.95. The maximum absolute atomic E-state index is 13.8. The molecule has 0 spiro atoms. The zero-order valence-electron chi connectivity index (χ0n) is 22.5. The largest absolute Gasteiger partial charge is 0.391 e. The van der Waals surface area contributed by atoms with Crippen LogP contribution in [0.2, 0.25) is 0 Å². The van der Waals surface area contributed by atoms with Gasteiger partial charge in [-0.1, -0.05) is 72.4 Å². The van der Waals surface area contributed by atoms with Gasteiger partial charge in [-0.05, 0) is 41.7 Å². The first-order valence-electron chi connectivity index (χ1n) is 12.7. The Labute approximate surface area is 215 Å². The molecule has 35 heavy (non-hydrogen) atoms. The van der Waals surface area contributed by atoms with Crippen LogP contribution in [0, 0.1) is 23.7 Å². The molecule has 1 saturated heterocycles. The van der Waals surface area contributed by atoms with Crippen LogP contribution in [0.1, 0.15) is 72.1 Å². The minimum Gasteiger partial charge on any atom is -0.391 e. The predicted molar refractivity (Wildman–Crippen MR) is 146 cm³/mol. The van der Waals surface area contributed by atoms with E-state index in [2.05, 4.69) is 82.7 Å². The topological polar surface area (TPSA) is 65.5 Å². The van der Waals surface area contributed by atoms with E-state index in [1.54, 1.807) is 11.3 Å². The SMILES string of the molecule is C=C(NCc1ccc(-c2scnc2C)cc1)[C@@H]1C[C@@H](O)CN1C(=O)[C@@H](CCC(C)(C)C)C(C)(C)C. The molecular weight excluding hydrogens is 454 g/mol. The van der Waals surface area contributed by atoms with Crippen molar-refractivity contribution in [1.82, 2.24) is 15.2 Å². The molecule has 5 nitrogen and oxygen atoms in total. The molecule has 0 saturated carbocycles. The maximum Gasteiger partial charge on any atom is 0.226 e. The van der Waals surface area contributed by atoms with Crippen molar-refractivity contribution in [2.75, 3.05) is 6.54 Å². The lowest BCUT2D eigenvalue weighted by Crippen LogP contribution is -2.46. The third kappa shape index (κ3) is 7.17. The van der Waals surface area contributed by atoms with E-state index in [4.69, 9.17) is 0 Å². The molecule has 1 aromatic heterocycles. The summed E-state index contributed by atoms with van der Waals surface area (Å²) in [5, 5.41) is 13.9. The highest BCUT2D eigenvalue weighted by atomic mass is 32.1. The molecule has 2 aromatic rings. The Balaban J connectivity index is 1.66. The third-order valence-electron chi connectivity index (χ3n) is 6.97. The predicted octanol–water partition coefficient (Wildman–Crippen LogP) is 6.17. The fraction of sp³-hybridized carbons (Fsp3) is 0.586. The van der Waals surface area contributed by atoms with Crippen molar-refractivity contribution in [2.24, 2.45) is 16.7 Å². The number of thiazole rings is 1. The first-order chi connectivity index (χ1) is 16.3. The summed E-state index contributed by atoms with van der Waals surface area (Å²) in [5.74, 6) is 0.0422. The summed E-state index contributed by atoms with van der Waals surface area (Å²) in [5.41, 5.74) is 6.06. The van der Waals surface area contributed by atoms with Crippen molar-refractivity contribution in [3.63, 3.8) is 0 Å². The monoisotopic (exact) mass is 497 g/mol.